The lowest BCUT2D eigenvalue weighted by Crippen LogP contribution is -2.26. The van der Waals surface area contributed by atoms with Crippen LogP contribution in [0.2, 0.25) is 0 Å². The average molecular weight is 378 g/mol. The highest BCUT2D eigenvalue weighted by Gasteiger charge is 2.22. The van der Waals surface area contributed by atoms with E-state index in [1.165, 1.54) is 19.1 Å². The fraction of sp³-hybridized carbons (Fsp3) is 0.400. The van der Waals surface area contributed by atoms with Gasteiger partial charge in [0.1, 0.15) is 5.75 Å². The molecule has 0 unspecified atom stereocenters. The standard InChI is InChI=1S/C20H24F2N2O3/c1-5-16-18(13(3)25)12(2)23-19(16)17(26)11-24(4)10-14-7-6-8-15(9-14)27-20(21)22/h6-9,20,23H,5,10-11H2,1-4H3. The van der Waals surface area contributed by atoms with E-state index in [0.29, 0.717) is 29.9 Å². The van der Waals surface area contributed by atoms with E-state index in [4.69, 9.17) is 0 Å². The van der Waals surface area contributed by atoms with Gasteiger partial charge < -0.3 is 9.72 Å². The molecule has 1 heterocycles. The Bertz CT molecular complexity index is 831. The molecule has 2 rings (SSSR count). The van der Waals surface area contributed by atoms with Gasteiger partial charge in [-0.3, -0.25) is 14.5 Å². The molecular formula is C20H24F2N2O3. The van der Waals surface area contributed by atoms with E-state index < -0.39 is 6.61 Å². The maximum atomic E-state index is 12.7. The van der Waals surface area contributed by atoms with Crippen LogP contribution >= 0.6 is 0 Å². The predicted molar refractivity (Wildman–Crippen MR) is 98.7 cm³/mol. The van der Waals surface area contributed by atoms with Gasteiger partial charge >= 0.3 is 6.61 Å². The van der Waals surface area contributed by atoms with Crippen molar-refractivity contribution < 1.29 is 23.1 Å². The Hall–Kier alpha value is -2.54. The van der Waals surface area contributed by atoms with E-state index in [2.05, 4.69) is 9.72 Å². The second kappa shape index (κ2) is 8.90. The molecule has 0 bridgehead atoms. The number of hydrogen-bond acceptors (Lipinski definition) is 4. The number of aromatic nitrogens is 1. The predicted octanol–water partition coefficient (Wildman–Crippen LogP) is 4.00. The van der Waals surface area contributed by atoms with Gasteiger partial charge in [-0.15, -0.1) is 0 Å². The van der Waals surface area contributed by atoms with Crippen molar-refractivity contribution in [3.8, 4) is 5.75 Å². The van der Waals surface area contributed by atoms with Gasteiger partial charge in [0.05, 0.1) is 12.2 Å². The number of likely N-dealkylation sites (N-methyl/N-ethyl adjacent to an activating group) is 1. The van der Waals surface area contributed by atoms with Crippen LogP contribution in [0, 0.1) is 6.92 Å². The van der Waals surface area contributed by atoms with E-state index in [0.717, 1.165) is 11.1 Å². The molecule has 146 valence electrons. The zero-order valence-electron chi connectivity index (χ0n) is 15.9. The summed E-state index contributed by atoms with van der Waals surface area (Å²) < 4.78 is 29.1. The van der Waals surface area contributed by atoms with Gasteiger partial charge in [-0.05, 0) is 50.6 Å². The lowest BCUT2D eigenvalue weighted by molar-refractivity contribution is -0.0499. The number of rotatable bonds is 9. The number of benzene rings is 1. The molecule has 0 aliphatic rings. The monoisotopic (exact) mass is 378 g/mol. The van der Waals surface area contributed by atoms with E-state index in [9.17, 15) is 18.4 Å². The van der Waals surface area contributed by atoms with Crippen molar-refractivity contribution in [3.63, 3.8) is 0 Å². The topological polar surface area (TPSA) is 62.4 Å². The minimum atomic E-state index is -2.88. The molecule has 0 aliphatic carbocycles. The Morgan fingerprint density at radius 3 is 2.59 bits per heavy atom. The third-order valence-electron chi connectivity index (χ3n) is 4.27. The van der Waals surface area contributed by atoms with Crippen LogP contribution in [0.1, 0.15) is 51.5 Å². The number of ether oxygens (including phenoxy) is 1. The summed E-state index contributed by atoms with van der Waals surface area (Å²) in [6, 6.07) is 6.39. The minimum absolute atomic E-state index is 0.0659. The molecule has 1 aromatic heterocycles. The summed E-state index contributed by atoms with van der Waals surface area (Å²) in [4.78, 5) is 29.4. The van der Waals surface area contributed by atoms with Crippen LogP contribution in [-0.2, 0) is 13.0 Å². The highest BCUT2D eigenvalue weighted by molar-refractivity contribution is 6.04. The molecule has 2 aromatic rings. The van der Waals surface area contributed by atoms with Crippen molar-refractivity contribution in [2.24, 2.45) is 0 Å². The third-order valence-corrected chi connectivity index (χ3v) is 4.27. The van der Waals surface area contributed by atoms with Gasteiger partial charge in [-0.1, -0.05) is 19.1 Å². The second-order valence-corrected chi connectivity index (χ2v) is 6.51. The van der Waals surface area contributed by atoms with Crippen LogP contribution in [0.3, 0.4) is 0 Å². The highest BCUT2D eigenvalue weighted by Crippen LogP contribution is 2.21. The smallest absolute Gasteiger partial charge is 0.387 e. The summed E-state index contributed by atoms with van der Waals surface area (Å²) in [6.07, 6.45) is 0.580. The van der Waals surface area contributed by atoms with Crippen LogP contribution in [0.5, 0.6) is 5.75 Å². The molecule has 0 radical (unpaired) electrons. The van der Waals surface area contributed by atoms with Crippen LogP contribution < -0.4 is 4.74 Å². The van der Waals surface area contributed by atoms with Crippen molar-refractivity contribution in [1.29, 1.82) is 0 Å². The summed E-state index contributed by atoms with van der Waals surface area (Å²) >= 11 is 0. The Morgan fingerprint density at radius 2 is 2.00 bits per heavy atom. The summed E-state index contributed by atoms with van der Waals surface area (Å²) in [7, 11) is 1.77. The second-order valence-electron chi connectivity index (χ2n) is 6.51. The van der Waals surface area contributed by atoms with Crippen molar-refractivity contribution in [2.75, 3.05) is 13.6 Å². The number of nitrogens with one attached hydrogen (secondary N) is 1. The number of carbonyl (C=O) groups is 2. The van der Waals surface area contributed by atoms with Gasteiger partial charge in [-0.2, -0.15) is 8.78 Å². The Morgan fingerprint density at radius 1 is 1.30 bits per heavy atom. The largest absolute Gasteiger partial charge is 0.435 e. The Labute approximate surface area is 157 Å². The fourth-order valence-electron chi connectivity index (χ4n) is 3.26. The number of alkyl halides is 2. The minimum Gasteiger partial charge on any atom is -0.435 e. The first kappa shape index (κ1) is 20.8. The average Bonchev–Trinajstić information content (AvgIpc) is 2.91. The summed E-state index contributed by atoms with van der Waals surface area (Å²) in [6.45, 7) is 2.83. The number of carbonyl (C=O) groups excluding carboxylic acids is 2. The van der Waals surface area contributed by atoms with Crippen LogP contribution in [0.4, 0.5) is 8.78 Å². The van der Waals surface area contributed by atoms with E-state index in [-0.39, 0.29) is 23.9 Å². The maximum Gasteiger partial charge on any atom is 0.387 e. The molecule has 5 nitrogen and oxygen atoms in total. The van der Waals surface area contributed by atoms with E-state index >= 15 is 0 Å². The summed E-state index contributed by atoms with van der Waals surface area (Å²) in [5, 5.41) is 0. The SMILES string of the molecule is CCc1c(C(=O)CN(C)Cc2cccc(OC(F)F)c2)[nH]c(C)c1C(C)=O. The number of nitrogens with zero attached hydrogens (tertiary/aromatic N) is 1. The lowest BCUT2D eigenvalue weighted by atomic mass is 10.0. The Balaban J connectivity index is 2.10. The van der Waals surface area contributed by atoms with Crippen molar-refractivity contribution in [1.82, 2.24) is 9.88 Å². The number of halogens is 2. The Kier molecular flexibility index (Phi) is 6.85. The number of ketones is 2. The third kappa shape index (κ3) is 5.23. The van der Waals surface area contributed by atoms with Crippen molar-refractivity contribution >= 4 is 11.6 Å². The molecule has 0 saturated heterocycles. The highest BCUT2D eigenvalue weighted by atomic mass is 19.3. The van der Waals surface area contributed by atoms with Gasteiger partial charge in [0, 0.05) is 17.8 Å². The van der Waals surface area contributed by atoms with E-state index in [1.807, 2.05) is 6.92 Å². The van der Waals surface area contributed by atoms with Gasteiger partial charge in [0.15, 0.2) is 11.6 Å². The van der Waals surface area contributed by atoms with Gasteiger partial charge in [0.2, 0.25) is 0 Å². The van der Waals surface area contributed by atoms with Crippen molar-refractivity contribution in [2.45, 2.75) is 40.3 Å². The fourth-order valence-corrected chi connectivity index (χ4v) is 3.26. The molecule has 0 spiro atoms. The molecule has 0 amide bonds. The number of hydrogen-bond donors (Lipinski definition) is 1. The molecule has 1 aromatic carbocycles. The van der Waals surface area contributed by atoms with Gasteiger partial charge in [-0.25, -0.2) is 0 Å². The van der Waals surface area contributed by atoms with Crippen LogP contribution in [-0.4, -0.2) is 41.7 Å². The number of H-pyrrole nitrogens is 1. The molecule has 7 heteroatoms. The first-order valence-electron chi connectivity index (χ1n) is 8.70. The van der Waals surface area contributed by atoms with Crippen molar-refractivity contribution in [3.05, 3.63) is 52.3 Å². The summed E-state index contributed by atoms with van der Waals surface area (Å²) in [5.41, 5.74) is 3.24. The normalized spacial score (nSPS) is 11.3. The number of aromatic amines is 1. The number of Topliss-reactive ketones (excluding diaryl/α,β-unsaturated/α-hetero) is 2. The lowest BCUT2D eigenvalue weighted by Gasteiger charge is -2.16. The zero-order valence-corrected chi connectivity index (χ0v) is 15.9. The van der Waals surface area contributed by atoms with E-state index in [1.54, 1.807) is 31.0 Å². The molecule has 0 saturated carbocycles. The molecule has 27 heavy (non-hydrogen) atoms. The molecule has 0 fully saturated rings. The zero-order chi connectivity index (χ0) is 20.1. The van der Waals surface area contributed by atoms with Crippen LogP contribution in [0.25, 0.3) is 0 Å². The molecular weight excluding hydrogens is 354 g/mol. The first-order valence-corrected chi connectivity index (χ1v) is 8.70. The molecule has 1 N–H and O–H groups in total. The summed E-state index contributed by atoms with van der Waals surface area (Å²) in [5.74, 6) is -0.102. The quantitative estimate of drug-likeness (QED) is 0.670. The molecule has 0 aliphatic heterocycles. The number of aryl methyl sites for hydroxylation is 1. The molecule has 0 atom stereocenters. The first-order chi connectivity index (χ1) is 12.7. The van der Waals surface area contributed by atoms with Gasteiger partial charge in [0.25, 0.3) is 0 Å². The maximum absolute atomic E-state index is 12.7. The van der Waals surface area contributed by atoms with Crippen LogP contribution in [0.15, 0.2) is 24.3 Å².